The molecule has 0 aliphatic carbocycles. The van der Waals surface area contributed by atoms with Crippen LogP contribution in [-0.2, 0) is 10.0 Å². The molecule has 1 rings (SSSR count). The lowest BCUT2D eigenvalue weighted by molar-refractivity contribution is 0.588. The van der Waals surface area contributed by atoms with Crippen molar-refractivity contribution in [3.63, 3.8) is 0 Å². The van der Waals surface area contributed by atoms with Crippen LogP contribution in [0.25, 0.3) is 0 Å². The molecule has 0 saturated heterocycles. The lowest BCUT2D eigenvalue weighted by atomic mass is 10.2. The third-order valence-electron chi connectivity index (χ3n) is 3.19. The Morgan fingerprint density at radius 1 is 1.19 bits per heavy atom. The number of hydrogen-bond donors (Lipinski definition) is 3. The molecule has 1 aromatic carbocycles. The maximum Gasteiger partial charge on any atom is 0.240 e. The molecule has 0 amide bonds. The summed E-state index contributed by atoms with van der Waals surface area (Å²) >= 11 is 1.88. The Kier molecular flexibility index (Phi) is 7.92. The van der Waals surface area contributed by atoms with Crippen molar-refractivity contribution in [2.24, 2.45) is 0 Å². The Morgan fingerprint density at radius 3 is 2.52 bits per heavy atom. The average Bonchev–Trinajstić information content (AvgIpc) is 2.47. The molecular weight excluding hydrogens is 306 g/mol. The normalized spacial score (nSPS) is 11.5. The van der Waals surface area contributed by atoms with E-state index in [1.807, 2.05) is 11.8 Å². The van der Waals surface area contributed by atoms with Crippen LogP contribution in [0.4, 0.5) is 11.4 Å². The van der Waals surface area contributed by atoms with Gasteiger partial charge in [0.2, 0.25) is 10.0 Å². The summed E-state index contributed by atoms with van der Waals surface area (Å²) in [5.41, 5.74) is 7.13. The van der Waals surface area contributed by atoms with Gasteiger partial charge in [-0.2, -0.15) is 11.8 Å². The molecule has 4 N–H and O–H groups in total. The van der Waals surface area contributed by atoms with Crippen molar-refractivity contribution in [1.29, 1.82) is 0 Å². The van der Waals surface area contributed by atoms with E-state index in [1.54, 1.807) is 12.1 Å². The topological polar surface area (TPSA) is 84.2 Å². The first kappa shape index (κ1) is 18.1. The third kappa shape index (κ3) is 6.15. The fraction of sp³-hybridized carbons (Fsp3) is 0.571. The summed E-state index contributed by atoms with van der Waals surface area (Å²) in [4.78, 5) is 0.185. The molecule has 0 aromatic heterocycles. The molecular formula is C14H25N3O2S2. The van der Waals surface area contributed by atoms with E-state index in [9.17, 15) is 8.42 Å². The number of rotatable bonds is 10. The van der Waals surface area contributed by atoms with Crippen LogP contribution >= 0.6 is 11.8 Å². The van der Waals surface area contributed by atoms with E-state index in [0.717, 1.165) is 18.7 Å². The highest BCUT2D eigenvalue weighted by Crippen LogP contribution is 2.22. The van der Waals surface area contributed by atoms with Crippen LogP contribution in [0.1, 0.15) is 25.7 Å². The van der Waals surface area contributed by atoms with E-state index < -0.39 is 10.0 Å². The number of benzene rings is 1. The lowest BCUT2D eigenvalue weighted by Crippen LogP contribution is -2.18. The predicted octanol–water partition coefficient (Wildman–Crippen LogP) is 2.51. The molecule has 21 heavy (non-hydrogen) atoms. The van der Waals surface area contributed by atoms with Crippen molar-refractivity contribution < 1.29 is 8.42 Å². The molecule has 5 nitrogen and oxygen atoms in total. The van der Waals surface area contributed by atoms with E-state index >= 15 is 0 Å². The minimum atomic E-state index is -3.44. The number of thioether (sulfide) groups is 1. The largest absolute Gasteiger partial charge is 0.397 e. The number of nitrogens with two attached hydrogens (primary N) is 1. The van der Waals surface area contributed by atoms with Gasteiger partial charge in [-0.15, -0.1) is 0 Å². The second-order valence-electron chi connectivity index (χ2n) is 4.79. The second kappa shape index (κ2) is 9.17. The molecule has 7 heteroatoms. The first-order valence-corrected chi connectivity index (χ1v) is 9.95. The maximum absolute atomic E-state index is 11.7. The zero-order valence-corrected chi connectivity index (χ0v) is 14.3. The number of nitrogen functional groups attached to an aromatic ring is 1. The van der Waals surface area contributed by atoms with Gasteiger partial charge in [0.15, 0.2) is 0 Å². The van der Waals surface area contributed by atoms with Gasteiger partial charge in [-0.1, -0.05) is 12.8 Å². The van der Waals surface area contributed by atoms with Gasteiger partial charge < -0.3 is 11.1 Å². The van der Waals surface area contributed by atoms with Crippen LogP contribution in [-0.4, -0.2) is 34.0 Å². The predicted molar refractivity (Wildman–Crippen MR) is 92.4 cm³/mol. The molecule has 0 spiro atoms. The van der Waals surface area contributed by atoms with Gasteiger partial charge in [-0.3, -0.25) is 0 Å². The number of unbranched alkanes of at least 4 members (excludes halogenated alkanes) is 3. The molecule has 0 saturated carbocycles. The van der Waals surface area contributed by atoms with Crippen molar-refractivity contribution in [3.05, 3.63) is 18.2 Å². The minimum Gasteiger partial charge on any atom is -0.397 e. The Balaban J connectivity index is 2.43. The summed E-state index contributed by atoms with van der Waals surface area (Å²) in [6.07, 6.45) is 6.92. The number of sulfonamides is 1. The summed E-state index contributed by atoms with van der Waals surface area (Å²) in [5.74, 6) is 1.22. The van der Waals surface area contributed by atoms with Crippen LogP contribution < -0.4 is 15.8 Å². The molecule has 0 bridgehead atoms. The monoisotopic (exact) mass is 331 g/mol. The Labute approximate surface area is 132 Å². The SMILES string of the molecule is CNS(=O)(=O)c1ccc(NCCCCCCSC)c(N)c1. The van der Waals surface area contributed by atoms with Gasteiger partial charge in [-0.25, -0.2) is 13.1 Å². The molecule has 120 valence electrons. The summed E-state index contributed by atoms with van der Waals surface area (Å²) in [5, 5.41) is 3.26. The Bertz CT molecular complexity index is 533. The first-order chi connectivity index (χ1) is 10.0. The molecule has 0 heterocycles. The minimum absolute atomic E-state index is 0.185. The van der Waals surface area contributed by atoms with Crippen LogP contribution in [0.2, 0.25) is 0 Å². The van der Waals surface area contributed by atoms with Gasteiger partial charge in [-0.05, 0) is 50.1 Å². The first-order valence-electron chi connectivity index (χ1n) is 7.07. The summed E-state index contributed by atoms with van der Waals surface area (Å²) < 4.78 is 25.6. The fourth-order valence-electron chi connectivity index (χ4n) is 1.93. The van der Waals surface area contributed by atoms with Crippen molar-refractivity contribution in [2.45, 2.75) is 30.6 Å². The van der Waals surface area contributed by atoms with Crippen LogP contribution in [0, 0.1) is 0 Å². The lowest BCUT2D eigenvalue weighted by Gasteiger charge is -2.11. The molecule has 0 unspecified atom stereocenters. The van der Waals surface area contributed by atoms with E-state index in [1.165, 1.54) is 38.1 Å². The maximum atomic E-state index is 11.7. The Hall–Kier alpha value is -0.920. The smallest absolute Gasteiger partial charge is 0.240 e. The van der Waals surface area contributed by atoms with Crippen molar-refractivity contribution in [3.8, 4) is 0 Å². The van der Waals surface area contributed by atoms with E-state index in [-0.39, 0.29) is 4.90 Å². The highest BCUT2D eigenvalue weighted by Gasteiger charge is 2.12. The highest BCUT2D eigenvalue weighted by atomic mass is 32.2. The van der Waals surface area contributed by atoms with Crippen LogP contribution in [0.3, 0.4) is 0 Å². The van der Waals surface area contributed by atoms with E-state index in [2.05, 4.69) is 16.3 Å². The molecule has 0 aliphatic rings. The summed E-state index contributed by atoms with van der Waals surface area (Å²) in [6.45, 7) is 0.849. The van der Waals surface area contributed by atoms with Gasteiger partial charge in [0.1, 0.15) is 0 Å². The van der Waals surface area contributed by atoms with Crippen LogP contribution in [0.15, 0.2) is 23.1 Å². The zero-order valence-electron chi connectivity index (χ0n) is 12.7. The number of hydrogen-bond acceptors (Lipinski definition) is 5. The highest BCUT2D eigenvalue weighted by molar-refractivity contribution is 7.98. The quantitative estimate of drug-likeness (QED) is 0.453. The number of nitrogens with one attached hydrogen (secondary N) is 2. The van der Waals surface area contributed by atoms with E-state index in [0.29, 0.717) is 5.69 Å². The summed E-state index contributed by atoms with van der Waals surface area (Å²) in [6, 6.07) is 4.75. The third-order valence-corrected chi connectivity index (χ3v) is 5.30. The molecule has 0 aliphatic heterocycles. The Morgan fingerprint density at radius 2 is 1.90 bits per heavy atom. The molecule has 0 fully saturated rings. The van der Waals surface area contributed by atoms with Gasteiger partial charge in [0.25, 0.3) is 0 Å². The second-order valence-corrected chi connectivity index (χ2v) is 7.66. The average molecular weight is 332 g/mol. The molecule has 0 atom stereocenters. The van der Waals surface area contributed by atoms with Gasteiger partial charge in [0.05, 0.1) is 16.3 Å². The fourth-order valence-corrected chi connectivity index (χ4v) is 3.19. The van der Waals surface area contributed by atoms with Crippen molar-refractivity contribution in [1.82, 2.24) is 4.72 Å². The zero-order chi connectivity index (χ0) is 15.7. The summed E-state index contributed by atoms with van der Waals surface area (Å²) in [7, 11) is -2.05. The standard InChI is InChI=1S/C14H25N3O2S2/c1-16-21(18,19)12-7-8-14(13(15)11-12)17-9-5-3-4-6-10-20-2/h7-8,11,16-17H,3-6,9-10,15H2,1-2H3. The van der Waals surface area contributed by atoms with Gasteiger partial charge in [0, 0.05) is 6.54 Å². The molecule has 1 aromatic rings. The van der Waals surface area contributed by atoms with E-state index in [4.69, 9.17) is 5.73 Å². The van der Waals surface area contributed by atoms with Crippen LogP contribution in [0.5, 0.6) is 0 Å². The molecule has 0 radical (unpaired) electrons. The van der Waals surface area contributed by atoms with Crippen molar-refractivity contribution >= 4 is 33.2 Å². The van der Waals surface area contributed by atoms with Gasteiger partial charge >= 0.3 is 0 Å². The number of anilines is 2. The van der Waals surface area contributed by atoms with Crippen molar-refractivity contribution in [2.75, 3.05) is 36.7 Å².